The zero-order valence-electron chi connectivity index (χ0n) is 13.5. The summed E-state index contributed by atoms with van der Waals surface area (Å²) >= 11 is 0. The SMILES string of the molecule is C=CCNCc1ccc(N(CCC)CCC(=O)O)c(OC)c1. The number of ether oxygens (including phenoxy) is 1. The molecule has 0 saturated carbocycles. The standard InChI is InChI=1S/C17H26N2O3/c1-4-9-18-13-14-6-7-15(16(12-14)22-3)19(10-5-2)11-8-17(20)21/h4,6-7,12,18H,1,5,8-11,13H2,2-3H3,(H,20,21). The summed E-state index contributed by atoms with van der Waals surface area (Å²) in [5, 5.41) is 12.1. The van der Waals surface area contributed by atoms with Gasteiger partial charge in [-0.2, -0.15) is 0 Å². The van der Waals surface area contributed by atoms with Crippen LogP contribution in [0.2, 0.25) is 0 Å². The van der Waals surface area contributed by atoms with Crippen LogP contribution in [-0.4, -0.2) is 37.8 Å². The number of rotatable bonds is 11. The van der Waals surface area contributed by atoms with Crippen molar-refractivity contribution in [1.29, 1.82) is 0 Å². The van der Waals surface area contributed by atoms with Gasteiger partial charge in [0.15, 0.2) is 0 Å². The second-order valence-corrected chi connectivity index (χ2v) is 5.06. The maximum absolute atomic E-state index is 10.8. The van der Waals surface area contributed by atoms with Gasteiger partial charge in [0.25, 0.3) is 0 Å². The number of anilines is 1. The molecular formula is C17H26N2O3. The lowest BCUT2D eigenvalue weighted by Crippen LogP contribution is -2.27. The number of nitrogens with zero attached hydrogens (tertiary/aromatic N) is 1. The number of hydrogen-bond donors (Lipinski definition) is 2. The quantitative estimate of drug-likeness (QED) is 0.486. The highest BCUT2D eigenvalue weighted by atomic mass is 16.5. The van der Waals surface area contributed by atoms with Gasteiger partial charge in [-0.1, -0.05) is 19.1 Å². The van der Waals surface area contributed by atoms with Crippen LogP contribution in [0.25, 0.3) is 0 Å². The molecule has 0 aliphatic rings. The third kappa shape index (κ3) is 5.77. The summed E-state index contributed by atoms with van der Waals surface area (Å²) in [7, 11) is 1.64. The van der Waals surface area contributed by atoms with E-state index in [0.29, 0.717) is 6.54 Å². The van der Waals surface area contributed by atoms with Gasteiger partial charge in [-0.15, -0.1) is 6.58 Å². The second kappa shape index (κ2) is 9.84. The van der Waals surface area contributed by atoms with Crippen molar-refractivity contribution in [3.8, 4) is 5.75 Å². The van der Waals surface area contributed by atoms with Gasteiger partial charge in [0.1, 0.15) is 5.75 Å². The molecule has 5 nitrogen and oxygen atoms in total. The Labute approximate surface area is 132 Å². The van der Waals surface area contributed by atoms with Gasteiger partial charge in [-0.3, -0.25) is 4.79 Å². The third-order valence-corrected chi connectivity index (χ3v) is 3.29. The maximum atomic E-state index is 10.8. The van der Waals surface area contributed by atoms with Gasteiger partial charge in [-0.05, 0) is 24.1 Å². The van der Waals surface area contributed by atoms with Crippen LogP contribution in [-0.2, 0) is 11.3 Å². The largest absolute Gasteiger partial charge is 0.495 e. The van der Waals surface area contributed by atoms with Crippen LogP contribution in [0.4, 0.5) is 5.69 Å². The summed E-state index contributed by atoms with van der Waals surface area (Å²) in [6.45, 7) is 8.53. The molecule has 0 heterocycles. The monoisotopic (exact) mass is 306 g/mol. The minimum Gasteiger partial charge on any atom is -0.495 e. The van der Waals surface area contributed by atoms with Crippen LogP contribution in [0, 0.1) is 0 Å². The smallest absolute Gasteiger partial charge is 0.305 e. The van der Waals surface area contributed by atoms with Gasteiger partial charge in [0.05, 0.1) is 19.2 Å². The Bertz CT molecular complexity index is 489. The lowest BCUT2D eigenvalue weighted by molar-refractivity contribution is -0.136. The number of hydrogen-bond acceptors (Lipinski definition) is 4. The van der Waals surface area contributed by atoms with Gasteiger partial charge in [-0.25, -0.2) is 0 Å². The van der Waals surface area contributed by atoms with E-state index >= 15 is 0 Å². The molecule has 0 aliphatic heterocycles. The van der Waals surface area contributed by atoms with Crippen molar-refractivity contribution >= 4 is 11.7 Å². The minimum atomic E-state index is -0.787. The first-order chi connectivity index (χ1) is 10.6. The molecule has 0 atom stereocenters. The first-order valence-corrected chi connectivity index (χ1v) is 7.57. The van der Waals surface area contributed by atoms with E-state index in [-0.39, 0.29) is 6.42 Å². The van der Waals surface area contributed by atoms with Gasteiger partial charge < -0.3 is 20.1 Å². The van der Waals surface area contributed by atoms with Crippen molar-refractivity contribution < 1.29 is 14.6 Å². The lowest BCUT2D eigenvalue weighted by atomic mass is 10.1. The fourth-order valence-corrected chi connectivity index (χ4v) is 2.27. The summed E-state index contributed by atoms with van der Waals surface area (Å²) in [6.07, 6.45) is 2.89. The number of nitrogens with one attached hydrogen (secondary N) is 1. The van der Waals surface area contributed by atoms with Gasteiger partial charge in [0.2, 0.25) is 0 Å². The summed E-state index contributed by atoms with van der Waals surface area (Å²) in [5.41, 5.74) is 2.07. The van der Waals surface area contributed by atoms with Crippen molar-refractivity contribution in [3.63, 3.8) is 0 Å². The molecule has 0 unspecified atom stereocenters. The highest BCUT2D eigenvalue weighted by Gasteiger charge is 2.13. The summed E-state index contributed by atoms with van der Waals surface area (Å²) in [4.78, 5) is 12.9. The molecule has 2 N–H and O–H groups in total. The van der Waals surface area contributed by atoms with Crippen LogP contribution < -0.4 is 15.0 Å². The average Bonchev–Trinajstić information content (AvgIpc) is 2.51. The Hall–Kier alpha value is -2.01. The van der Waals surface area contributed by atoms with Gasteiger partial charge >= 0.3 is 5.97 Å². The summed E-state index contributed by atoms with van der Waals surface area (Å²) in [6, 6.07) is 6.04. The van der Waals surface area contributed by atoms with Crippen molar-refractivity contribution in [2.45, 2.75) is 26.3 Å². The zero-order chi connectivity index (χ0) is 16.4. The van der Waals surface area contributed by atoms with E-state index < -0.39 is 5.97 Å². The first kappa shape index (κ1) is 18.0. The van der Waals surface area contributed by atoms with Crippen molar-refractivity contribution in [1.82, 2.24) is 5.32 Å². The molecule has 0 aromatic heterocycles. The molecule has 1 aromatic rings. The van der Waals surface area contributed by atoms with E-state index in [1.165, 1.54) is 0 Å². The Kier molecular flexibility index (Phi) is 8.07. The minimum absolute atomic E-state index is 0.117. The summed E-state index contributed by atoms with van der Waals surface area (Å²) < 4.78 is 5.49. The number of aliphatic carboxylic acids is 1. The zero-order valence-corrected chi connectivity index (χ0v) is 13.5. The molecule has 0 fully saturated rings. The topological polar surface area (TPSA) is 61.8 Å². The molecular weight excluding hydrogens is 280 g/mol. The number of carboxylic acid groups (broad SMARTS) is 1. The van der Waals surface area contributed by atoms with E-state index in [9.17, 15) is 4.79 Å². The van der Waals surface area contributed by atoms with Crippen molar-refractivity contribution in [2.75, 3.05) is 31.6 Å². The molecule has 0 radical (unpaired) electrons. The third-order valence-electron chi connectivity index (χ3n) is 3.29. The molecule has 22 heavy (non-hydrogen) atoms. The average molecular weight is 306 g/mol. The molecule has 0 bridgehead atoms. The molecule has 1 aromatic carbocycles. The highest BCUT2D eigenvalue weighted by Crippen LogP contribution is 2.29. The fraction of sp³-hybridized carbons (Fsp3) is 0.471. The van der Waals surface area contributed by atoms with E-state index in [0.717, 1.165) is 43.1 Å². The van der Waals surface area contributed by atoms with Crippen molar-refractivity contribution in [2.24, 2.45) is 0 Å². The van der Waals surface area contributed by atoms with E-state index in [1.54, 1.807) is 7.11 Å². The number of carbonyl (C=O) groups is 1. The van der Waals surface area contributed by atoms with Crippen LogP contribution in [0.5, 0.6) is 5.75 Å². The normalized spacial score (nSPS) is 10.3. The predicted molar refractivity (Wildman–Crippen MR) is 89.7 cm³/mol. The second-order valence-electron chi connectivity index (χ2n) is 5.06. The molecule has 122 valence electrons. The Balaban J connectivity index is 2.89. The molecule has 5 heteroatoms. The Morgan fingerprint density at radius 3 is 2.82 bits per heavy atom. The molecule has 0 spiro atoms. The molecule has 1 rings (SSSR count). The van der Waals surface area contributed by atoms with Crippen LogP contribution in [0.15, 0.2) is 30.9 Å². The van der Waals surface area contributed by atoms with E-state index in [1.807, 2.05) is 24.3 Å². The molecule has 0 amide bonds. The Morgan fingerprint density at radius 2 is 2.23 bits per heavy atom. The number of carboxylic acids is 1. The van der Waals surface area contributed by atoms with E-state index in [4.69, 9.17) is 9.84 Å². The van der Waals surface area contributed by atoms with Crippen LogP contribution in [0.1, 0.15) is 25.3 Å². The van der Waals surface area contributed by atoms with E-state index in [2.05, 4.69) is 23.7 Å². The van der Waals surface area contributed by atoms with Crippen LogP contribution in [0.3, 0.4) is 0 Å². The molecule has 0 saturated heterocycles. The lowest BCUT2D eigenvalue weighted by Gasteiger charge is -2.26. The Morgan fingerprint density at radius 1 is 1.45 bits per heavy atom. The number of methoxy groups -OCH3 is 1. The molecule has 0 aliphatic carbocycles. The summed E-state index contributed by atoms with van der Waals surface area (Å²) in [5.74, 6) is -0.0120. The van der Waals surface area contributed by atoms with Crippen LogP contribution >= 0.6 is 0 Å². The predicted octanol–water partition coefficient (Wildman–Crippen LogP) is 2.66. The maximum Gasteiger partial charge on any atom is 0.305 e. The highest BCUT2D eigenvalue weighted by molar-refractivity contribution is 5.68. The fourth-order valence-electron chi connectivity index (χ4n) is 2.27. The van der Waals surface area contributed by atoms with Crippen molar-refractivity contribution in [3.05, 3.63) is 36.4 Å². The first-order valence-electron chi connectivity index (χ1n) is 7.57. The number of benzene rings is 1. The van der Waals surface area contributed by atoms with Gasteiger partial charge in [0, 0.05) is 26.2 Å².